The third-order valence-corrected chi connectivity index (χ3v) is 5.96. The van der Waals surface area contributed by atoms with E-state index < -0.39 is 0 Å². The van der Waals surface area contributed by atoms with Gasteiger partial charge in [0.05, 0.1) is 23.8 Å². The van der Waals surface area contributed by atoms with Crippen LogP contribution in [0, 0.1) is 0 Å². The van der Waals surface area contributed by atoms with Gasteiger partial charge >= 0.3 is 0 Å². The van der Waals surface area contributed by atoms with Gasteiger partial charge in [0.25, 0.3) is 0 Å². The van der Waals surface area contributed by atoms with Gasteiger partial charge in [0, 0.05) is 33.5 Å². The van der Waals surface area contributed by atoms with Crippen molar-refractivity contribution in [1.29, 1.82) is 0 Å². The summed E-state index contributed by atoms with van der Waals surface area (Å²) in [6, 6.07) is 22.9. The van der Waals surface area contributed by atoms with Crippen molar-refractivity contribution in [2.45, 2.75) is 12.6 Å². The molecule has 0 amide bonds. The van der Waals surface area contributed by atoms with Gasteiger partial charge in [-0.3, -0.25) is 9.67 Å². The highest BCUT2D eigenvalue weighted by Gasteiger charge is 2.22. The summed E-state index contributed by atoms with van der Waals surface area (Å²) in [4.78, 5) is 4.50. The second-order valence-corrected chi connectivity index (χ2v) is 7.74. The molecule has 150 valence electrons. The van der Waals surface area contributed by atoms with Crippen molar-refractivity contribution in [3.8, 4) is 0 Å². The molecule has 1 unspecified atom stereocenters. The average molecular weight is 403 g/mol. The van der Waals surface area contributed by atoms with Crippen LogP contribution in [-0.4, -0.2) is 10.9 Å². The van der Waals surface area contributed by atoms with E-state index in [0.717, 1.165) is 45.3 Å². The van der Waals surface area contributed by atoms with Gasteiger partial charge in [0.1, 0.15) is 11.2 Å². The number of para-hydroxylation sites is 3. The summed E-state index contributed by atoms with van der Waals surface area (Å²) in [5.41, 5.74) is 10.1. The molecule has 2 aromatic heterocycles. The quantitative estimate of drug-likeness (QED) is 0.340. The number of aromatic nitrogens is 1. The molecule has 0 aliphatic carbocycles. The predicted octanol–water partition coefficient (Wildman–Crippen LogP) is 6.50. The molecule has 1 N–H and O–H groups in total. The largest absolute Gasteiger partial charge is 0.456 e. The van der Waals surface area contributed by atoms with E-state index in [2.05, 4.69) is 76.3 Å². The summed E-state index contributed by atoms with van der Waals surface area (Å²) in [6.45, 7) is 4.58. The highest BCUT2D eigenvalue weighted by Crippen LogP contribution is 2.35. The van der Waals surface area contributed by atoms with Crippen molar-refractivity contribution in [1.82, 2.24) is 4.68 Å². The summed E-state index contributed by atoms with van der Waals surface area (Å²) in [7, 11) is 0. The van der Waals surface area contributed by atoms with Crippen LogP contribution in [-0.2, 0) is 6.54 Å². The minimum atomic E-state index is -0.115. The Kier molecular flexibility index (Phi) is 4.03. The van der Waals surface area contributed by atoms with Crippen molar-refractivity contribution in [2.24, 2.45) is 4.99 Å². The first-order valence-corrected chi connectivity index (χ1v) is 10.4. The fourth-order valence-corrected chi connectivity index (χ4v) is 4.55. The third-order valence-electron chi connectivity index (χ3n) is 5.96. The minimum Gasteiger partial charge on any atom is -0.456 e. The zero-order chi connectivity index (χ0) is 20.8. The lowest BCUT2D eigenvalue weighted by Crippen LogP contribution is -2.21. The van der Waals surface area contributed by atoms with Crippen LogP contribution in [0.1, 0.15) is 22.9 Å². The molecule has 4 nitrogen and oxygen atoms in total. The van der Waals surface area contributed by atoms with Crippen molar-refractivity contribution >= 4 is 39.1 Å². The Bertz CT molecular complexity index is 1520. The van der Waals surface area contributed by atoms with Crippen molar-refractivity contribution in [3.63, 3.8) is 0 Å². The number of rotatable bonds is 5. The van der Waals surface area contributed by atoms with Gasteiger partial charge in [0.15, 0.2) is 0 Å². The van der Waals surface area contributed by atoms with E-state index in [-0.39, 0.29) is 6.04 Å². The lowest BCUT2D eigenvalue weighted by Gasteiger charge is -2.20. The van der Waals surface area contributed by atoms with Crippen LogP contribution in [0.3, 0.4) is 0 Å². The van der Waals surface area contributed by atoms with Gasteiger partial charge in [-0.25, -0.2) is 0 Å². The molecule has 1 aliphatic heterocycles. The first-order valence-electron chi connectivity index (χ1n) is 10.4. The fourth-order valence-electron chi connectivity index (χ4n) is 4.55. The van der Waals surface area contributed by atoms with Crippen LogP contribution in [0.4, 0.5) is 0 Å². The Balaban J connectivity index is 1.54. The van der Waals surface area contributed by atoms with E-state index in [9.17, 15) is 0 Å². The zero-order valence-electron chi connectivity index (χ0n) is 17.0. The number of fused-ring (bicyclic) bond motifs is 6. The molecule has 3 aromatic carbocycles. The number of nitrogens with zero attached hydrogens (tertiary/aromatic N) is 2. The van der Waals surface area contributed by atoms with Crippen molar-refractivity contribution in [2.75, 3.05) is 5.43 Å². The normalized spacial score (nSPS) is 14.1. The lowest BCUT2D eigenvalue weighted by atomic mass is 10.0. The maximum atomic E-state index is 6.31. The fraction of sp³-hybridized carbons (Fsp3) is 0.0741. The van der Waals surface area contributed by atoms with E-state index in [1.165, 1.54) is 10.9 Å². The molecule has 31 heavy (non-hydrogen) atoms. The molecule has 0 spiro atoms. The van der Waals surface area contributed by atoms with Crippen LogP contribution in [0.15, 0.2) is 101 Å². The number of furan rings is 1. The van der Waals surface area contributed by atoms with Gasteiger partial charge in [0.2, 0.25) is 0 Å². The predicted molar refractivity (Wildman–Crippen MR) is 128 cm³/mol. The van der Waals surface area contributed by atoms with E-state index in [0.29, 0.717) is 0 Å². The maximum Gasteiger partial charge on any atom is 0.141 e. The maximum absolute atomic E-state index is 6.31. The second kappa shape index (κ2) is 7.03. The Hall–Kier alpha value is -4.05. The number of allylic oxidation sites excluding steroid dienone is 2. The van der Waals surface area contributed by atoms with E-state index in [1.54, 1.807) is 6.08 Å². The van der Waals surface area contributed by atoms with E-state index in [1.807, 2.05) is 30.5 Å². The van der Waals surface area contributed by atoms with Crippen LogP contribution in [0.2, 0.25) is 0 Å². The molecule has 0 saturated carbocycles. The summed E-state index contributed by atoms with van der Waals surface area (Å²) in [5, 5.41) is 3.48. The summed E-state index contributed by atoms with van der Waals surface area (Å²) in [6.07, 6.45) is 7.84. The number of hydrogen-bond donors (Lipinski definition) is 1. The molecule has 6 rings (SSSR count). The molecule has 1 aliphatic rings. The highest BCUT2D eigenvalue weighted by atomic mass is 16.3. The molecule has 0 fully saturated rings. The van der Waals surface area contributed by atoms with Gasteiger partial charge in [-0.05, 0) is 12.1 Å². The average Bonchev–Trinajstić information content (AvgIpc) is 3.50. The van der Waals surface area contributed by atoms with Crippen LogP contribution in [0.5, 0.6) is 0 Å². The zero-order valence-corrected chi connectivity index (χ0v) is 17.0. The molecule has 3 heterocycles. The molecular weight excluding hydrogens is 382 g/mol. The highest BCUT2D eigenvalue weighted by molar-refractivity contribution is 6.06. The number of nitrogens with one attached hydrogen (secondary N) is 1. The smallest absolute Gasteiger partial charge is 0.141 e. The Morgan fingerprint density at radius 1 is 0.968 bits per heavy atom. The molecule has 0 saturated heterocycles. The van der Waals surface area contributed by atoms with Gasteiger partial charge in [-0.2, -0.15) is 0 Å². The Morgan fingerprint density at radius 3 is 2.68 bits per heavy atom. The Morgan fingerprint density at radius 2 is 1.77 bits per heavy atom. The molecular formula is C27H21N3O. The van der Waals surface area contributed by atoms with Gasteiger partial charge in [-0.15, -0.1) is 0 Å². The molecule has 0 bridgehead atoms. The SMILES string of the molecule is C=C/C=C\C(Nn1c2c(c3ccccc31)CN=C2)c1cccc2c1oc1ccccc12. The Labute approximate surface area is 179 Å². The first kappa shape index (κ1) is 17.8. The number of hydrogen-bond acceptors (Lipinski definition) is 3. The first-order chi connectivity index (χ1) is 15.3. The third kappa shape index (κ3) is 2.72. The van der Waals surface area contributed by atoms with Crippen LogP contribution >= 0.6 is 0 Å². The van der Waals surface area contributed by atoms with Crippen molar-refractivity contribution < 1.29 is 4.42 Å². The van der Waals surface area contributed by atoms with Gasteiger partial charge < -0.3 is 9.84 Å². The van der Waals surface area contributed by atoms with Crippen molar-refractivity contribution in [3.05, 3.63) is 108 Å². The number of aliphatic imine (C=N–C) groups is 1. The van der Waals surface area contributed by atoms with Crippen LogP contribution < -0.4 is 5.43 Å². The summed E-state index contributed by atoms with van der Waals surface area (Å²) < 4.78 is 8.46. The minimum absolute atomic E-state index is 0.115. The summed E-state index contributed by atoms with van der Waals surface area (Å²) >= 11 is 0. The molecule has 5 aromatic rings. The van der Waals surface area contributed by atoms with Crippen LogP contribution in [0.25, 0.3) is 32.8 Å². The number of benzene rings is 3. The summed E-state index contributed by atoms with van der Waals surface area (Å²) in [5.74, 6) is 0. The van der Waals surface area contributed by atoms with E-state index >= 15 is 0 Å². The molecule has 1 atom stereocenters. The van der Waals surface area contributed by atoms with E-state index in [4.69, 9.17) is 4.42 Å². The molecule has 0 radical (unpaired) electrons. The lowest BCUT2D eigenvalue weighted by molar-refractivity contribution is 0.657. The topological polar surface area (TPSA) is 42.5 Å². The molecule has 4 heteroatoms. The monoisotopic (exact) mass is 403 g/mol. The standard InChI is InChI=1S/C27H21N3O/c1-2-3-13-23(21-12-8-11-20-19-10-5-7-15-26(19)31-27(20)21)29-30-24-14-6-4-9-18(24)22-16-28-17-25(22)30/h2-15,17,23,29H,1,16H2/b13-3-. The second-order valence-electron chi connectivity index (χ2n) is 7.74. The van der Waals surface area contributed by atoms with Gasteiger partial charge in [-0.1, -0.05) is 79.4 Å².